The summed E-state index contributed by atoms with van der Waals surface area (Å²) in [6.07, 6.45) is 0. The zero-order valence-electron chi connectivity index (χ0n) is 11.7. The maximum Gasteiger partial charge on any atom is 0.269 e. The normalized spacial score (nSPS) is 10.5. The molecule has 0 atom stereocenters. The summed E-state index contributed by atoms with van der Waals surface area (Å²) in [7, 11) is 0. The van der Waals surface area contributed by atoms with Gasteiger partial charge >= 0.3 is 0 Å². The first-order valence-corrected chi connectivity index (χ1v) is 6.96. The molecule has 0 amide bonds. The van der Waals surface area contributed by atoms with Crippen LogP contribution in [0.5, 0.6) is 5.75 Å². The van der Waals surface area contributed by atoms with E-state index in [0.29, 0.717) is 22.2 Å². The van der Waals surface area contributed by atoms with Gasteiger partial charge in [-0.1, -0.05) is 28.9 Å². The predicted molar refractivity (Wildman–Crippen MR) is 82.2 cm³/mol. The minimum absolute atomic E-state index is 0.00357. The van der Waals surface area contributed by atoms with Crippen molar-refractivity contribution in [3.05, 3.63) is 69.6 Å². The molecular weight excluding hydrogens is 322 g/mol. The molecule has 0 spiro atoms. The van der Waals surface area contributed by atoms with Crippen molar-refractivity contribution in [3.8, 4) is 17.1 Å². The SMILES string of the molecule is O=[N+]([O-])c1ccc(OCc2nc(-c3ccccc3Cl)no2)cc1. The van der Waals surface area contributed by atoms with Crippen LogP contribution in [0.3, 0.4) is 0 Å². The van der Waals surface area contributed by atoms with Crippen LogP contribution in [-0.4, -0.2) is 15.1 Å². The summed E-state index contributed by atoms with van der Waals surface area (Å²) in [5.41, 5.74) is 0.663. The average molecular weight is 332 g/mol. The summed E-state index contributed by atoms with van der Waals surface area (Å²) in [6, 6.07) is 12.9. The van der Waals surface area contributed by atoms with Crippen LogP contribution < -0.4 is 4.74 Å². The first kappa shape index (κ1) is 15.0. The van der Waals surface area contributed by atoms with Gasteiger partial charge in [-0.05, 0) is 24.3 Å². The van der Waals surface area contributed by atoms with Crippen LogP contribution in [0.25, 0.3) is 11.4 Å². The fraction of sp³-hybridized carbons (Fsp3) is 0.0667. The Morgan fingerprint density at radius 2 is 1.91 bits per heavy atom. The molecule has 3 aromatic rings. The van der Waals surface area contributed by atoms with Crippen LogP contribution in [0.2, 0.25) is 5.02 Å². The first-order valence-electron chi connectivity index (χ1n) is 6.58. The number of hydrogen-bond acceptors (Lipinski definition) is 6. The van der Waals surface area contributed by atoms with E-state index in [-0.39, 0.29) is 18.2 Å². The van der Waals surface area contributed by atoms with E-state index in [4.69, 9.17) is 20.9 Å². The number of nitrogens with zero attached hydrogens (tertiary/aromatic N) is 3. The van der Waals surface area contributed by atoms with Crippen LogP contribution in [0.4, 0.5) is 5.69 Å². The highest BCUT2D eigenvalue weighted by atomic mass is 35.5. The van der Waals surface area contributed by atoms with E-state index < -0.39 is 4.92 Å². The van der Waals surface area contributed by atoms with E-state index in [1.54, 1.807) is 12.1 Å². The molecule has 0 aliphatic heterocycles. The largest absolute Gasteiger partial charge is 0.484 e. The zero-order chi connectivity index (χ0) is 16.2. The van der Waals surface area contributed by atoms with Gasteiger partial charge in [0, 0.05) is 17.7 Å². The smallest absolute Gasteiger partial charge is 0.269 e. The van der Waals surface area contributed by atoms with Crippen molar-refractivity contribution in [2.24, 2.45) is 0 Å². The van der Waals surface area contributed by atoms with Gasteiger partial charge in [-0.3, -0.25) is 10.1 Å². The van der Waals surface area contributed by atoms with E-state index in [0.717, 1.165) is 0 Å². The molecule has 2 aromatic carbocycles. The molecule has 23 heavy (non-hydrogen) atoms. The number of nitro benzene ring substituents is 1. The molecule has 0 unspecified atom stereocenters. The highest BCUT2D eigenvalue weighted by molar-refractivity contribution is 6.33. The molecule has 7 nitrogen and oxygen atoms in total. The van der Waals surface area contributed by atoms with Gasteiger partial charge in [-0.15, -0.1) is 0 Å². The Bertz CT molecular complexity index is 833. The molecule has 0 aliphatic carbocycles. The molecule has 3 rings (SSSR count). The lowest BCUT2D eigenvalue weighted by molar-refractivity contribution is -0.384. The Morgan fingerprint density at radius 1 is 1.17 bits per heavy atom. The standard InChI is InChI=1S/C15H10ClN3O4/c16-13-4-2-1-3-12(13)15-17-14(23-18-15)9-22-11-7-5-10(6-8-11)19(20)21/h1-8H,9H2. The number of non-ortho nitro benzene ring substituents is 1. The van der Waals surface area contributed by atoms with Gasteiger partial charge in [0.25, 0.3) is 11.6 Å². The van der Waals surface area contributed by atoms with Crippen molar-refractivity contribution >= 4 is 17.3 Å². The third-order valence-electron chi connectivity index (χ3n) is 2.99. The molecule has 1 aromatic heterocycles. The van der Waals surface area contributed by atoms with Crippen LogP contribution >= 0.6 is 11.6 Å². The summed E-state index contributed by atoms with van der Waals surface area (Å²) >= 11 is 6.07. The molecule has 0 bridgehead atoms. The Labute approximate surface area is 135 Å². The van der Waals surface area contributed by atoms with E-state index >= 15 is 0 Å². The van der Waals surface area contributed by atoms with Gasteiger partial charge in [0.2, 0.25) is 5.82 Å². The number of aromatic nitrogens is 2. The van der Waals surface area contributed by atoms with Crippen molar-refractivity contribution in [3.63, 3.8) is 0 Å². The average Bonchev–Trinajstić information content (AvgIpc) is 3.02. The summed E-state index contributed by atoms with van der Waals surface area (Å²) in [4.78, 5) is 14.3. The number of ether oxygens (including phenoxy) is 1. The van der Waals surface area contributed by atoms with Crippen molar-refractivity contribution in [2.75, 3.05) is 0 Å². The Balaban J connectivity index is 1.68. The third kappa shape index (κ3) is 3.46. The Kier molecular flexibility index (Phi) is 4.20. The predicted octanol–water partition coefficient (Wildman–Crippen LogP) is 3.88. The van der Waals surface area contributed by atoms with Gasteiger partial charge in [-0.2, -0.15) is 4.98 Å². The third-order valence-corrected chi connectivity index (χ3v) is 3.32. The maximum absolute atomic E-state index is 10.6. The molecule has 0 aliphatic rings. The van der Waals surface area contributed by atoms with Crippen molar-refractivity contribution in [2.45, 2.75) is 6.61 Å². The molecule has 1 heterocycles. The van der Waals surface area contributed by atoms with E-state index in [2.05, 4.69) is 10.1 Å². The lowest BCUT2D eigenvalue weighted by atomic mass is 10.2. The van der Waals surface area contributed by atoms with Gasteiger partial charge < -0.3 is 9.26 Å². The molecule has 8 heteroatoms. The highest BCUT2D eigenvalue weighted by Gasteiger charge is 2.12. The molecular formula is C15H10ClN3O4. The maximum atomic E-state index is 10.6. The van der Waals surface area contributed by atoms with Gasteiger partial charge in [0.1, 0.15) is 5.75 Å². The van der Waals surface area contributed by atoms with E-state index in [9.17, 15) is 10.1 Å². The fourth-order valence-corrected chi connectivity index (χ4v) is 2.09. The Morgan fingerprint density at radius 3 is 2.61 bits per heavy atom. The zero-order valence-corrected chi connectivity index (χ0v) is 12.4. The fourth-order valence-electron chi connectivity index (χ4n) is 1.87. The minimum Gasteiger partial charge on any atom is -0.484 e. The first-order chi connectivity index (χ1) is 11.1. The summed E-state index contributed by atoms with van der Waals surface area (Å²) in [5, 5.41) is 15.0. The van der Waals surface area contributed by atoms with Crippen LogP contribution in [0.15, 0.2) is 53.1 Å². The molecule has 0 saturated heterocycles. The molecule has 0 fully saturated rings. The van der Waals surface area contributed by atoms with Crippen LogP contribution in [0.1, 0.15) is 5.89 Å². The second-order valence-corrected chi connectivity index (χ2v) is 4.94. The molecule has 0 radical (unpaired) electrons. The quantitative estimate of drug-likeness (QED) is 0.520. The van der Waals surface area contributed by atoms with Gasteiger partial charge in [0.05, 0.1) is 9.95 Å². The van der Waals surface area contributed by atoms with Crippen molar-refractivity contribution < 1.29 is 14.2 Å². The Hall–Kier alpha value is -2.93. The summed E-state index contributed by atoms with van der Waals surface area (Å²) in [5.74, 6) is 1.12. The lowest BCUT2D eigenvalue weighted by Crippen LogP contribution is -1.96. The number of halogens is 1. The highest BCUT2D eigenvalue weighted by Crippen LogP contribution is 2.25. The van der Waals surface area contributed by atoms with Gasteiger partial charge in [0.15, 0.2) is 6.61 Å². The summed E-state index contributed by atoms with van der Waals surface area (Å²) < 4.78 is 10.6. The molecule has 0 saturated carbocycles. The van der Waals surface area contributed by atoms with E-state index in [1.165, 1.54) is 24.3 Å². The number of hydrogen-bond donors (Lipinski definition) is 0. The van der Waals surface area contributed by atoms with E-state index in [1.807, 2.05) is 12.1 Å². The second-order valence-electron chi connectivity index (χ2n) is 4.53. The number of nitro groups is 1. The number of benzene rings is 2. The topological polar surface area (TPSA) is 91.3 Å². The van der Waals surface area contributed by atoms with Crippen LogP contribution in [0, 0.1) is 10.1 Å². The molecule has 0 N–H and O–H groups in total. The van der Waals surface area contributed by atoms with Crippen molar-refractivity contribution in [1.29, 1.82) is 0 Å². The second kappa shape index (κ2) is 6.45. The van der Waals surface area contributed by atoms with Gasteiger partial charge in [-0.25, -0.2) is 0 Å². The summed E-state index contributed by atoms with van der Waals surface area (Å²) in [6.45, 7) is 0.0509. The lowest BCUT2D eigenvalue weighted by Gasteiger charge is -2.01. The van der Waals surface area contributed by atoms with Crippen molar-refractivity contribution in [1.82, 2.24) is 10.1 Å². The monoisotopic (exact) mass is 331 g/mol. The molecule has 116 valence electrons. The minimum atomic E-state index is -0.475. The van der Waals surface area contributed by atoms with Crippen LogP contribution in [-0.2, 0) is 6.61 Å². The number of rotatable bonds is 5.